The lowest BCUT2D eigenvalue weighted by molar-refractivity contribution is 0.112. The molecule has 0 aromatic heterocycles. The first-order chi connectivity index (χ1) is 8.29. The van der Waals surface area contributed by atoms with Crippen LogP contribution in [0.4, 0.5) is 0 Å². The van der Waals surface area contributed by atoms with Gasteiger partial charge in [0.05, 0.1) is 0 Å². The Balaban J connectivity index is 2.37. The van der Waals surface area contributed by atoms with E-state index in [1.165, 1.54) is 0 Å². The Labute approximate surface area is 109 Å². The summed E-state index contributed by atoms with van der Waals surface area (Å²) in [6.45, 7) is 0. The number of hydrogen-bond acceptors (Lipinski definition) is 1. The molecule has 2 heteroatoms. The molecule has 0 radical (unpaired) electrons. The lowest BCUT2D eigenvalue weighted by atomic mass is 10.1. The Hall–Kier alpha value is -1.85. The first-order valence-corrected chi connectivity index (χ1v) is 5.91. The molecule has 2 aromatic rings. The van der Waals surface area contributed by atoms with Crippen LogP contribution in [0.2, 0.25) is 0 Å². The summed E-state index contributed by atoms with van der Waals surface area (Å²) in [5.41, 5.74) is 2.28. The van der Waals surface area contributed by atoms with Crippen LogP contribution in [0, 0.1) is 11.8 Å². The molecule has 0 aliphatic rings. The summed E-state index contributed by atoms with van der Waals surface area (Å²) in [5, 5.41) is 0. The van der Waals surface area contributed by atoms with Crippen molar-refractivity contribution in [3.05, 3.63) is 69.7 Å². The summed E-state index contributed by atoms with van der Waals surface area (Å²) in [4.78, 5) is 10.9. The number of aldehydes is 1. The molecule has 0 unspecified atom stereocenters. The van der Waals surface area contributed by atoms with Crippen molar-refractivity contribution in [1.29, 1.82) is 0 Å². The second-order valence-corrected chi connectivity index (χ2v) is 4.38. The third-order valence-electron chi connectivity index (χ3n) is 2.26. The minimum Gasteiger partial charge on any atom is -0.298 e. The van der Waals surface area contributed by atoms with Gasteiger partial charge in [-0.15, -0.1) is 0 Å². The average molecular weight is 285 g/mol. The fourth-order valence-electron chi connectivity index (χ4n) is 1.41. The Morgan fingerprint density at radius 1 is 1.00 bits per heavy atom. The van der Waals surface area contributed by atoms with Crippen molar-refractivity contribution in [1.82, 2.24) is 0 Å². The highest BCUT2D eigenvalue weighted by molar-refractivity contribution is 9.10. The highest BCUT2D eigenvalue weighted by Gasteiger charge is 1.98. The van der Waals surface area contributed by atoms with E-state index in [4.69, 9.17) is 0 Å². The summed E-state index contributed by atoms with van der Waals surface area (Å²) in [6.07, 6.45) is 0.819. The molecule has 0 heterocycles. The number of hydrogen-bond donors (Lipinski definition) is 0. The molecule has 1 nitrogen and oxygen atoms in total. The highest BCUT2D eigenvalue weighted by Crippen LogP contribution is 2.14. The Morgan fingerprint density at radius 2 is 1.76 bits per heavy atom. The molecule has 0 amide bonds. The summed E-state index contributed by atoms with van der Waals surface area (Å²) in [6, 6.07) is 15.2. The van der Waals surface area contributed by atoms with Gasteiger partial charge in [-0.05, 0) is 30.3 Å². The Morgan fingerprint density at radius 3 is 2.47 bits per heavy atom. The normalized spacial score (nSPS) is 9.24. The van der Waals surface area contributed by atoms with Crippen LogP contribution in [0.1, 0.15) is 21.5 Å². The molecular weight excluding hydrogens is 276 g/mol. The largest absolute Gasteiger partial charge is 0.298 e. The predicted molar refractivity (Wildman–Crippen MR) is 72.0 cm³/mol. The summed E-state index contributed by atoms with van der Waals surface area (Å²) >= 11 is 3.33. The maximum absolute atomic E-state index is 10.9. The molecular formula is C15H9BrO. The number of carbonyl (C=O) groups excluding carboxylic acids is 1. The van der Waals surface area contributed by atoms with Gasteiger partial charge in [0.2, 0.25) is 0 Å². The highest BCUT2D eigenvalue weighted by atomic mass is 79.9. The molecule has 0 atom stereocenters. The van der Waals surface area contributed by atoms with Crippen molar-refractivity contribution in [2.24, 2.45) is 0 Å². The third-order valence-corrected chi connectivity index (χ3v) is 2.75. The van der Waals surface area contributed by atoms with Crippen molar-refractivity contribution in [3.63, 3.8) is 0 Å². The third kappa shape index (κ3) is 3.05. The van der Waals surface area contributed by atoms with Crippen LogP contribution in [0.5, 0.6) is 0 Å². The summed E-state index contributed by atoms with van der Waals surface area (Å²) in [7, 11) is 0. The summed E-state index contributed by atoms with van der Waals surface area (Å²) in [5.74, 6) is 6.04. The molecule has 0 saturated carbocycles. The van der Waals surface area contributed by atoms with Gasteiger partial charge in [0.1, 0.15) is 0 Å². The van der Waals surface area contributed by atoms with E-state index in [9.17, 15) is 4.79 Å². The second-order valence-electron chi connectivity index (χ2n) is 3.47. The Kier molecular flexibility index (Phi) is 3.74. The molecule has 0 saturated heterocycles. The van der Waals surface area contributed by atoms with Crippen LogP contribution in [0.25, 0.3) is 0 Å². The number of benzene rings is 2. The van der Waals surface area contributed by atoms with Crippen molar-refractivity contribution < 1.29 is 4.79 Å². The molecule has 82 valence electrons. The minimum atomic E-state index is 0.600. The molecule has 0 bridgehead atoms. The zero-order chi connectivity index (χ0) is 12.1. The van der Waals surface area contributed by atoms with Gasteiger partial charge in [-0.3, -0.25) is 4.79 Å². The van der Waals surface area contributed by atoms with E-state index in [1.807, 2.05) is 42.5 Å². The lowest BCUT2D eigenvalue weighted by Gasteiger charge is -1.96. The lowest BCUT2D eigenvalue weighted by Crippen LogP contribution is -1.87. The van der Waals surface area contributed by atoms with E-state index in [0.29, 0.717) is 5.56 Å². The van der Waals surface area contributed by atoms with Gasteiger partial charge in [-0.25, -0.2) is 0 Å². The standard InChI is InChI=1S/C15H9BrO/c16-15-9-8-13(14(10-15)11-17)7-6-12-4-2-1-3-5-12/h1-5,8-11H. The van der Waals surface area contributed by atoms with Gasteiger partial charge in [-0.1, -0.05) is 46.0 Å². The molecule has 17 heavy (non-hydrogen) atoms. The van der Waals surface area contributed by atoms with Gasteiger partial charge in [0.25, 0.3) is 0 Å². The van der Waals surface area contributed by atoms with Crippen LogP contribution in [0.15, 0.2) is 53.0 Å². The van der Waals surface area contributed by atoms with E-state index in [1.54, 1.807) is 6.07 Å². The van der Waals surface area contributed by atoms with Crippen LogP contribution < -0.4 is 0 Å². The van der Waals surface area contributed by atoms with E-state index >= 15 is 0 Å². The van der Waals surface area contributed by atoms with Crippen LogP contribution in [0.3, 0.4) is 0 Å². The number of halogens is 1. The summed E-state index contributed by atoms with van der Waals surface area (Å²) < 4.78 is 0.880. The van der Waals surface area contributed by atoms with Crippen LogP contribution >= 0.6 is 15.9 Å². The van der Waals surface area contributed by atoms with Gasteiger partial charge >= 0.3 is 0 Å². The van der Waals surface area contributed by atoms with E-state index in [0.717, 1.165) is 21.9 Å². The monoisotopic (exact) mass is 284 g/mol. The number of rotatable bonds is 1. The van der Waals surface area contributed by atoms with Crippen molar-refractivity contribution >= 4 is 22.2 Å². The van der Waals surface area contributed by atoms with E-state index in [2.05, 4.69) is 27.8 Å². The fourth-order valence-corrected chi connectivity index (χ4v) is 1.78. The molecule has 0 aliphatic heterocycles. The van der Waals surface area contributed by atoms with Gasteiger partial charge in [0.15, 0.2) is 6.29 Å². The van der Waals surface area contributed by atoms with Crippen LogP contribution in [-0.4, -0.2) is 6.29 Å². The topological polar surface area (TPSA) is 17.1 Å². The van der Waals surface area contributed by atoms with Crippen molar-refractivity contribution in [3.8, 4) is 11.8 Å². The number of carbonyl (C=O) groups is 1. The average Bonchev–Trinajstić information content (AvgIpc) is 2.38. The predicted octanol–water partition coefficient (Wildman–Crippen LogP) is 3.66. The van der Waals surface area contributed by atoms with Crippen molar-refractivity contribution in [2.45, 2.75) is 0 Å². The maximum Gasteiger partial charge on any atom is 0.151 e. The van der Waals surface area contributed by atoms with Gasteiger partial charge in [-0.2, -0.15) is 0 Å². The maximum atomic E-state index is 10.9. The zero-order valence-electron chi connectivity index (χ0n) is 8.98. The quantitative estimate of drug-likeness (QED) is 0.577. The zero-order valence-corrected chi connectivity index (χ0v) is 10.6. The second kappa shape index (κ2) is 5.47. The molecule has 2 rings (SSSR count). The van der Waals surface area contributed by atoms with E-state index < -0.39 is 0 Å². The molecule has 0 spiro atoms. The first-order valence-electron chi connectivity index (χ1n) is 5.11. The molecule has 0 N–H and O–H groups in total. The molecule has 0 aliphatic carbocycles. The molecule has 0 fully saturated rings. The van der Waals surface area contributed by atoms with Crippen LogP contribution in [-0.2, 0) is 0 Å². The Bertz CT molecular complexity index is 591. The molecule has 2 aromatic carbocycles. The van der Waals surface area contributed by atoms with E-state index in [-0.39, 0.29) is 0 Å². The SMILES string of the molecule is O=Cc1cc(Br)ccc1C#Cc1ccccc1. The smallest absolute Gasteiger partial charge is 0.151 e. The fraction of sp³-hybridized carbons (Fsp3) is 0. The first kappa shape index (κ1) is 11.6. The van der Waals surface area contributed by atoms with Gasteiger partial charge in [0, 0.05) is 21.2 Å². The minimum absolute atomic E-state index is 0.600. The van der Waals surface area contributed by atoms with Crippen molar-refractivity contribution in [2.75, 3.05) is 0 Å². The van der Waals surface area contributed by atoms with Gasteiger partial charge < -0.3 is 0 Å².